The molecule has 1 aromatic heterocycles. The van der Waals surface area contributed by atoms with Gasteiger partial charge in [-0.15, -0.1) is 0 Å². The minimum Gasteiger partial charge on any atom is -0.465 e. The molecule has 0 saturated carbocycles. The number of amides is 1. The van der Waals surface area contributed by atoms with E-state index in [0.29, 0.717) is 12.6 Å². The molecule has 1 fully saturated rings. The quantitative estimate of drug-likeness (QED) is 0.874. The molecule has 0 spiro atoms. The lowest BCUT2D eigenvalue weighted by atomic mass is 9.95. The number of furan rings is 1. The molecule has 1 aliphatic rings. The van der Waals surface area contributed by atoms with E-state index in [9.17, 15) is 4.79 Å². The van der Waals surface area contributed by atoms with Gasteiger partial charge in [0, 0.05) is 18.5 Å². The predicted octanol–water partition coefficient (Wildman–Crippen LogP) is 2.43. The molecular formula is C18H31N3O2. The topological polar surface area (TPSA) is 48.7 Å². The summed E-state index contributed by atoms with van der Waals surface area (Å²) >= 11 is 0. The third-order valence-electron chi connectivity index (χ3n) is 4.81. The summed E-state index contributed by atoms with van der Waals surface area (Å²) in [6.07, 6.45) is 1.91. The molecular weight excluding hydrogens is 290 g/mol. The lowest BCUT2D eigenvalue weighted by Gasteiger charge is -2.34. The van der Waals surface area contributed by atoms with E-state index in [0.717, 1.165) is 37.5 Å². The van der Waals surface area contributed by atoms with E-state index in [1.54, 1.807) is 0 Å². The van der Waals surface area contributed by atoms with Crippen LogP contribution in [0.4, 0.5) is 0 Å². The predicted molar refractivity (Wildman–Crippen MR) is 92.3 cm³/mol. The van der Waals surface area contributed by atoms with Gasteiger partial charge < -0.3 is 14.6 Å². The van der Waals surface area contributed by atoms with E-state index >= 15 is 0 Å². The standard InChI is InChI=1S/C18H31N3O2/c1-13(2)21-10-8-15(9-11-21)18(22)19-12-16(20(4)5)17-7-6-14(3)23-17/h6-7,13,15-16H,8-12H2,1-5H3,(H,19,22)/t16-/m0/s1. The van der Waals surface area contributed by atoms with Crippen LogP contribution < -0.4 is 5.32 Å². The lowest BCUT2D eigenvalue weighted by Crippen LogP contribution is -2.44. The molecule has 1 N–H and O–H groups in total. The highest BCUT2D eigenvalue weighted by molar-refractivity contribution is 5.78. The Labute approximate surface area is 140 Å². The van der Waals surface area contributed by atoms with Crippen molar-refractivity contribution < 1.29 is 9.21 Å². The largest absolute Gasteiger partial charge is 0.465 e. The van der Waals surface area contributed by atoms with Gasteiger partial charge >= 0.3 is 0 Å². The van der Waals surface area contributed by atoms with Crippen LogP contribution in [0.25, 0.3) is 0 Å². The van der Waals surface area contributed by atoms with E-state index in [-0.39, 0.29) is 17.9 Å². The van der Waals surface area contributed by atoms with Gasteiger partial charge in [-0.25, -0.2) is 0 Å². The molecule has 0 aliphatic carbocycles. The van der Waals surface area contributed by atoms with Crippen molar-refractivity contribution in [1.29, 1.82) is 0 Å². The van der Waals surface area contributed by atoms with Gasteiger partial charge in [-0.1, -0.05) is 0 Å². The van der Waals surface area contributed by atoms with Crippen LogP contribution in [0.2, 0.25) is 0 Å². The van der Waals surface area contributed by atoms with Crippen LogP contribution >= 0.6 is 0 Å². The number of hydrogen-bond acceptors (Lipinski definition) is 4. The highest BCUT2D eigenvalue weighted by Gasteiger charge is 2.27. The van der Waals surface area contributed by atoms with E-state index < -0.39 is 0 Å². The molecule has 0 radical (unpaired) electrons. The summed E-state index contributed by atoms with van der Waals surface area (Å²) in [7, 11) is 4.02. The highest BCUT2D eigenvalue weighted by Crippen LogP contribution is 2.22. The van der Waals surface area contributed by atoms with Crippen molar-refractivity contribution in [2.24, 2.45) is 5.92 Å². The maximum Gasteiger partial charge on any atom is 0.223 e. The fourth-order valence-electron chi connectivity index (χ4n) is 3.19. The van der Waals surface area contributed by atoms with Crippen LogP contribution in [-0.2, 0) is 4.79 Å². The van der Waals surface area contributed by atoms with Crippen molar-refractivity contribution in [3.8, 4) is 0 Å². The molecule has 0 bridgehead atoms. The molecule has 23 heavy (non-hydrogen) atoms. The van der Waals surface area contributed by atoms with Crippen LogP contribution in [0.5, 0.6) is 0 Å². The number of hydrogen-bond donors (Lipinski definition) is 1. The van der Waals surface area contributed by atoms with E-state index in [1.807, 2.05) is 33.2 Å². The highest BCUT2D eigenvalue weighted by atomic mass is 16.3. The Bertz CT molecular complexity index is 502. The maximum atomic E-state index is 12.5. The zero-order valence-electron chi connectivity index (χ0n) is 15.1. The normalized spacial score (nSPS) is 18.6. The summed E-state index contributed by atoms with van der Waals surface area (Å²) < 4.78 is 5.73. The molecule has 0 aromatic carbocycles. The molecule has 5 nitrogen and oxygen atoms in total. The van der Waals surface area contributed by atoms with Crippen LogP contribution in [0.15, 0.2) is 16.5 Å². The Morgan fingerprint density at radius 3 is 2.48 bits per heavy atom. The molecule has 1 amide bonds. The third-order valence-corrected chi connectivity index (χ3v) is 4.81. The number of rotatable bonds is 6. The van der Waals surface area contributed by atoms with Gasteiger partial charge in [0.05, 0.1) is 6.04 Å². The Balaban J connectivity index is 1.85. The SMILES string of the molecule is Cc1ccc([C@H](CNC(=O)C2CCN(C(C)C)CC2)N(C)C)o1. The van der Waals surface area contributed by atoms with Crippen LogP contribution in [0, 0.1) is 12.8 Å². The molecule has 1 saturated heterocycles. The van der Waals surface area contributed by atoms with Gasteiger partial charge in [-0.2, -0.15) is 0 Å². The molecule has 1 aliphatic heterocycles. The first-order valence-electron chi connectivity index (χ1n) is 8.63. The first-order chi connectivity index (χ1) is 10.9. The minimum absolute atomic E-state index is 0.0726. The second kappa shape index (κ2) is 7.97. The fourth-order valence-corrected chi connectivity index (χ4v) is 3.19. The average Bonchev–Trinajstić information content (AvgIpc) is 2.93. The summed E-state index contributed by atoms with van der Waals surface area (Å²) in [5.41, 5.74) is 0. The first-order valence-corrected chi connectivity index (χ1v) is 8.63. The van der Waals surface area contributed by atoms with Crippen molar-refractivity contribution in [2.75, 3.05) is 33.7 Å². The average molecular weight is 321 g/mol. The van der Waals surface area contributed by atoms with Crippen molar-refractivity contribution in [2.45, 2.75) is 45.7 Å². The number of carbonyl (C=O) groups is 1. The van der Waals surface area contributed by atoms with Gasteiger partial charge in [-0.05, 0) is 72.9 Å². The van der Waals surface area contributed by atoms with Gasteiger partial charge in [-0.3, -0.25) is 9.69 Å². The molecule has 1 atom stereocenters. The third kappa shape index (κ3) is 4.82. The van der Waals surface area contributed by atoms with Crippen molar-refractivity contribution >= 4 is 5.91 Å². The van der Waals surface area contributed by atoms with Crippen molar-refractivity contribution in [3.05, 3.63) is 23.7 Å². The molecule has 2 rings (SSSR count). The smallest absolute Gasteiger partial charge is 0.223 e. The fraction of sp³-hybridized carbons (Fsp3) is 0.722. The van der Waals surface area contributed by atoms with E-state index in [1.165, 1.54) is 0 Å². The number of nitrogens with zero attached hydrogens (tertiary/aromatic N) is 2. The summed E-state index contributed by atoms with van der Waals surface area (Å²) in [5.74, 6) is 2.14. The van der Waals surface area contributed by atoms with E-state index in [2.05, 4.69) is 29.0 Å². The maximum absolute atomic E-state index is 12.5. The zero-order chi connectivity index (χ0) is 17.0. The number of likely N-dealkylation sites (N-methyl/N-ethyl adjacent to an activating group) is 1. The number of carbonyl (C=O) groups excluding carboxylic acids is 1. The number of aryl methyl sites for hydroxylation is 1. The molecule has 130 valence electrons. The van der Waals surface area contributed by atoms with Gasteiger partial charge in [0.2, 0.25) is 5.91 Å². The second-order valence-corrected chi connectivity index (χ2v) is 7.08. The number of likely N-dealkylation sites (tertiary alicyclic amines) is 1. The van der Waals surface area contributed by atoms with Gasteiger partial charge in [0.25, 0.3) is 0 Å². The van der Waals surface area contributed by atoms with Crippen LogP contribution in [0.1, 0.15) is 44.3 Å². The van der Waals surface area contributed by atoms with Crippen LogP contribution in [0.3, 0.4) is 0 Å². The van der Waals surface area contributed by atoms with Crippen molar-refractivity contribution in [1.82, 2.24) is 15.1 Å². The monoisotopic (exact) mass is 321 g/mol. The lowest BCUT2D eigenvalue weighted by molar-refractivity contribution is -0.126. The Morgan fingerprint density at radius 2 is 2.00 bits per heavy atom. The Morgan fingerprint density at radius 1 is 1.35 bits per heavy atom. The zero-order valence-corrected chi connectivity index (χ0v) is 15.1. The molecule has 5 heteroatoms. The van der Waals surface area contributed by atoms with Crippen LogP contribution in [-0.4, -0.2) is 55.5 Å². The minimum atomic E-state index is 0.0726. The van der Waals surface area contributed by atoms with Crippen molar-refractivity contribution in [3.63, 3.8) is 0 Å². The summed E-state index contributed by atoms with van der Waals surface area (Å²) in [4.78, 5) is 17.0. The summed E-state index contributed by atoms with van der Waals surface area (Å²) in [6, 6.07) is 4.60. The second-order valence-electron chi connectivity index (χ2n) is 7.08. The van der Waals surface area contributed by atoms with Gasteiger partial charge in [0.1, 0.15) is 11.5 Å². The Hall–Kier alpha value is -1.33. The Kier molecular flexibility index (Phi) is 6.25. The number of nitrogens with one attached hydrogen (secondary N) is 1. The van der Waals surface area contributed by atoms with E-state index in [4.69, 9.17) is 4.42 Å². The number of piperidine rings is 1. The molecule has 1 aromatic rings. The first kappa shape index (κ1) is 18.0. The summed E-state index contributed by atoms with van der Waals surface area (Å²) in [6.45, 7) is 9.00. The summed E-state index contributed by atoms with van der Waals surface area (Å²) in [5, 5.41) is 3.13. The molecule has 0 unspecified atom stereocenters. The van der Waals surface area contributed by atoms with Gasteiger partial charge in [0.15, 0.2) is 0 Å². The molecule has 2 heterocycles.